The van der Waals surface area contributed by atoms with Crippen molar-refractivity contribution in [2.45, 2.75) is 50.7 Å². The normalized spacial score (nSPS) is 21.1. The fourth-order valence-electron chi connectivity index (χ4n) is 4.61. The molecule has 162 valence electrons. The summed E-state index contributed by atoms with van der Waals surface area (Å²) in [6, 6.07) is 8.59. The largest absolute Gasteiger partial charge is 0.393 e. The Bertz CT molecular complexity index is 895. The van der Waals surface area contributed by atoms with Crippen molar-refractivity contribution >= 4 is 5.69 Å². The molecule has 0 amide bonds. The summed E-state index contributed by atoms with van der Waals surface area (Å²) in [6.45, 7) is 4.31. The summed E-state index contributed by atoms with van der Waals surface area (Å²) in [5, 5.41) is 14.2. The topological polar surface area (TPSA) is 61.6 Å². The number of halogens is 1. The van der Waals surface area contributed by atoms with Gasteiger partial charge in [0.25, 0.3) is 5.56 Å². The van der Waals surface area contributed by atoms with Gasteiger partial charge in [-0.2, -0.15) is 5.10 Å². The van der Waals surface area contributed by atoms with Crippen molar-refractivity contribution in [1.29, 1.82) is 0 Å². The van der Waals surface area contributed by atoms with E-state index in [2.05, 4.69) is 14.9 Å². The fourth-order valence-corrected chi connectivity index (χ4v) is 4.61. The summed E-state index contributed by atoms with van der Waals surface area (Å²) < 4.78 is 15.0. The summed E-state index contributed by atoms with van der Waals surface area (Å²) in [4.78, 5) is 17.3. The molecule has 7 heteroatoms. The van der Waals surface area contributed by atoms with Crippen LogP contribution < -0.4 is 10.5 Å². The predicted molar refractivity (Wildman–Crippen MR) is 115 cm³/mol. The molecule has 1 N–H and O–H groups in total. The molecule has 1 aromatic carbocycles. The van der Waals surface area contributed by atoms with Crippen LogP contribution in [0, 0.1) is 5.82 Å². The first-order valence-corrected chi connectivity index (χ1v) is 11.1. The van der Waals surface area contributed by atoms with Gasteiger partial charge in [0, 0.05) is 25.7 Å². The van der Waals surface area contributed by atoms with Gasteiger partial charge in [-0.3, -0.25) is 4.79 Å². The van der Waals surface area contributed by atoms with Gasteiger partial charge in [-0.05, 0) is 69.3 Å². The van der Waals surface area contributed by atoms with Crippen molar-refractivity contribution in [1.82, 2.24) is 14.7 Å². The van der Waals surface area contributed by atoms with Crippen LogP contribution in [-0.2, 0) is 6.42 Å². The molecule has 0 unspecified atom stereocenters. The van der Waals surface area contributed by atoms with Crippen molar-refractivity contribution < 1.29 is 9.50 Å². The van der Waals surface area contributed by atoms with E-state index >= 15 is 0 Å². The molecule has 0 aliphatic carbocycles. The minimum Gasteiger partial charge on any atom is -0.393 e. The molecule has 0 bridgehead atoms. The van der Waals surface area contributed by atoms with E-state index in [4.69, 9.17) is 0 Å². The Morgan fingerprint density at radius 3 is 2.73 bits per heavy atom. The molecule has 0 saturated carbocycles. The minimum atomic E-state index is -0.233. The lowest BCUT2D eigenvalue weighted by atomic mass is 10.0. The number of benzene rings is 1. The smallest absolute Gasteiger partial charge is 0.269 e. The summed E-state index contributed by atoms with van der Waals surface area (Å²) in [6.07, 6.45) is 6.86. The molecular formula is C23H31FN4O2. The Hall–Kier alpha value is -2.25. The highest BCUT2D eigenvalue weighted by atomic mass is 19.1. The average molecular weight is 415 g/mol. The van der Waals surface area contributed by atoms with E-state index in [9.17, 15) is 14.3 Å². The van der Waals surface area contributed by atoms with E-state index < -0.39 is 0 Å². The van der Waals surface area contributed by atoms with Crippen LogP contribution in [-0.4, -0.2) is 58.6 Å². The number of aryl methyl sites for hydroxylation is 1. The van der Waals surface area contributed by atoms with Crippen LogP contribution in [0.4, 0.5) is 10.1 Å². The summed E-state index contributed by atoms with van der Waals surface area (Å²) >= 11 is 0. The van der Waals surface area contributed by atoms with Crippen LogP contribution >= 0.6 is 0 Å². The van der Waals surface area contributed by atoms with Gasteiger partial charge < -0.3 is 14.9 Å². The molecule has 2 saturated heterocycles. The molecule has 1 atom stereocenters. The van der Waals surface area contributed by atoms with Gasteiger partial charge in [0.2, 0.25) is 0 Å². The van der Waals surface area contributed by atoms with E-state index in [0.29, 0.717) is 0 Å². The highest BCUT2D eigenvalue weighted by Gasteiger charge is 2.24. The zero-order valence-electron chi connectivity index (χ0n) is 17.4. The van der Waals surface area contributed by atoms with Gasteiger partial charge in [0.1, 0.15) is 5.82 Å². The molecule has 0 spiro atoms. The summed E-state index contributed by atoms with van der Waals surface area (Å²) in [7, 11) is 0. The fraction of sp³-hybridized carbons (Fsp3) is 0.565. The van der Waals surface area contributed by atoms with Crippen LogP contribution in [0.5, 0.6) is 0 Å². The van der Waals surface area contributed by atoms with Gasteiger partial charge in [0.15, 0.2) is 0 Å². The second-order valence-corrected chi connectivity index (χ2v) is 8.54. The summed E-state index contributed by atoms with van der Waals surface area (Å²) in [5.41, 5.74) is 1.83. The number of piperidine rings is 2. The molecule has 2 fully saturated rings. The maximum absolute atomic E-state index is 13.3. The molecule has 2 aliphatic heterocycles. The summed E-state index contributed by atoms with van der Waals surface area (Å²) in [5.74, 6) is -0.180. The molecule has 1 aromatic heterocycles. The SMILES string of the molecule is O=c1cc(N2CCC(O)CC2)cnn1[C@H]1CCCN(CCCc2cccc(F)c2)C1. The van der Waals surface area contributed by atoms with Crippen LogP contribution in [0.1, 0.15) is 43.7 Å². The quantitative estimate of drug-likeness (QED) is 0.787. The third-order valence-corrected chi connectivity index (χ3v) is 6.30. The number of nitrogens with zero attached hydrogens (tertiary/aromatic N) is 4. The highest BCUT2D eigenvalue weighted by molar-refractivity contribution is 5.43. The van der Waals surface area contributed by atoms with E-state index in [1.165, 1.54) is 6.07 Å². The first kappa shape index (κ1) is 21.0. The number of hydrogen-bond donors (Lipinski definition) is 1. The number of rotatable bonds is 6. The first-order valence-electron chi connectivity index (χ1n) is 11.1. The maximum Gasteiger partial charge on any atom is 0.269 e. The van der Waals surface area contributed by atoms with Gasteiger partial charge >= 0.3 is 0 Å². The number of anilines is 1. The second kappa shape index (κ2) is 9.71. The Balaban J connectivity index is 1.33. The van der Waals surface area contributed by atoms with Gasteiger partial charge in [0.05, 0.1) is 24.0 Å². The second-order valence-electron chi connectivity index (χ2n) is 8.54. The number of aromatic nitrogens is 2. The Morgan fingerprint density at radius 2 is 1.97 bits per heavy atom. The van der Waals surface area contributed by atoms with E-state index in [0.717, 1.165) is 82.5 Å². The lowest BCUT2D eigenvalue weighted by molar-refractivity contribution is 0.145. The van der Waals surface area contributed by atoms with E-state index in [1.54, 1.807) is 29.1 Å². The zero-order chi connectivity index (χ0) is 20.9. The Morgan fingerprint density at radius 1 is 1.13 bits per heavy atom. The number of aliphatic hydroxyl groups excluding tert-OH is 1. The van der Waals surface area contributed by atoms with E-state index in [-0.39, 0.29) is 23.5 Å². The third-order valence-electron chi connectivity index (χ3n) is 6.30. The lowest BCUT2D eigenvalue weighted by Gasteiger charge is -2.34. The van der Waals surface area contributed by atoms with Crippen molar-refractivity contribution in [3.8, 4) is 0 Å². The van der Waals surface area contributed by atoms with Crippen molar-refractivity contribution in [2.24, 2.45) is 0 Å². The van der Waals surface area contributed by atoms with Crippen molar-refractivity contribution in [3.63, 3.8) is 0 Å². The molecule has 0 radical (unpaired) electrons. The predicted octanol–water partition coefficient (Wildman–Crippen LogP) is 2.61. The number of aliphatic hydroxyl groups is 1. The monoisotopic (exact) mass is 414 g/mol. The molecular weight excluding hydrogens is 383 g/mol. The third kappa shape index (κ3) is 5.26. The molecule has 2 aromatic rings. The van der Waals surface area contributed by atoms with Crippen LogP contribution in [0.2, 0.25) is 0 Å². The molecule has 4 rings (SSSR count). The average Bonchev–Trinajstić information content (AvgIpc) is 2.74. The first-order chi connectivity index (χ1) is 14.6. The Labute approximate surface area is 176 Å². The van der Waals surface area contributed by atoms with Gasteiger partial charge in [-0.15, -0.1) is 0 Å². The van der Waals surface area contributed by atoms with Crippen LogP contribution in [0.15, 0.2) is 41.3 Å². The zero-order valence-corrected chi connectivity index (χ0v) is 17.4. The number of hydrogen-bond acceptors (Lipinski definition) is 5. The van der Waals surface area contributed by atoms with Crippen LogP contribution in [0.3, 0.4) is 0 Å². The maximum atomic E-state index is 13.3. The number of likely N-dealkylation sites (tertiary alicyclic amines) is 1. The molecule has 6 nitrogen and oxygen atoms in total. The standard InChI is InChI=1S/C23H31FN4O2/c24-19-6-1-4-18(14-19)5-2-10-26-11-3-7-20(17-26)28-23(30)15-21(16-25-28)27-12-8-22(29)9-13-27/h1,4,6,14-16,20,22,29H,2-3,5,7-13,17H2/t20-/m0/s1. The van der Waals surface area contributed by atoms with Gasteiger partial charge in [-0.25, -0.2) is 9.07 Å². The lowest BCUT2D eigenvalue weighted by Crippen LogP contribution is -2.42. The van der Waals surface area contributed by atoms with E-state index in [1.807, 2.05) is 6.07 Å². The van der Waals surface area contributed by atoms with Crippen molar-refractivity contribution in [2.75, 3.05) is 37.6 Å². The molecule has 30 heavy (non-hydrogen) atoms. The molecule has 3 heterocycles. The molecule has 2 aliphatic rings. The minimum absolute atomic E-state index is 0.0507. The van der Waals surface area contributed by atoms with Gasteiger partial charge in [-0.1, -0.05) is 12.1 Å². The van der Waals surface area contributed by atoms with Crippen molar-refractivity contribution in [3.05, 3.63) is 58.3 Å². The highest BCUT2D eigenvalue weighted by Crippen LogP contribution is 2.22. The van der Waals surface area contributed by atoms with Crippen LogP contribution in [0.25, 0.3) is 0 Å². The Kier molecular flexibility index (Phi) is 6.79.